The Balaban J connectivity index is 2.40. The van der Waals surface area contributed by atoms with Crippen LogP contribution >= 0.6 is 0 Å². The second-order valence-corrected chi connectivity index (χ2v) is 9.22. The van der Waals surface area contributed by atoms with Gasteiger partial charge in [-0.2, -0.15) is 0 Å². The quantitative estimate of drug-likeness (QED) is 0.152. The molecule has 31 heavy (non-hydrogen) atoms. The Kier molecular flexibility index (Phi) is 16.3. The van der Waals surface area contributed by atoms with E-state index in [1.54, 1.807) is 0 Å². The Morgan fingerprint density at radius 1 is 0.903 bits per heavy atom. The molecule has 0 N–H and O–H groups in total. The molecule has 0 aromatic rings. The minimum atomic E-state index is -0.448. The highest BCUT2D eigenvalue weighted by Crippen LogP contribution is 2.24. The van der Waals surface area contributed by atoms with E-state index in [4.69, 9.17) is 4.74 Å². The predicted molar refractivity (Wildman–Crippen MR) is 130 cm³/mol. The Hall–Kier alpha value is -1.32. The van der Waals surface area contributed by atoms with E-state index >= 15 is 0 Å². The zero-order valence-electron chi connectivity index (χ0n) is 20.7. The summed E-state index contributed by atoms with van der Waals surface area (Å²) in [5.74, 6) is -0.127. The van der Waals surface area contributed by atoms with Gasteiger partial charge in [-0.3, -0.25) is 4.79 Å². The monoisotopic (exact) mass is 435 g/mol. The molecule has 2 atom stereocenters. The Labute approximate surface area is 192 Å². The Morgan fingerprint density at radius 3 is 2.10 bits per heavy atom. The van der Waals surface area contributed by atoms with Gasteiger partial charge in [0.1, 0.15) is 6.61 Å². The minimum absolute atomic E-state index is 0.0263. The molecule has 1 heterocycles. The van der Waals surface area contributed by atoms with Crippen LogP contribution in [-0.2, 0) is 9.53 Å². The van der Waals surface area contributed by atoms with Gasteiger partial charge in [0.05, 0.1) is 6.04 Å². The summed E-state index contributed by atoms with van der Waals surface area (Å²) in [6.07, 6.45) is 24.0. The topological polar surface area (TPSA) is 46.6 Å². The maximum absolute atomic E-state index is 13.1. The van der Waals surface area contributed by atoms with Crippen molar-refractivity contribution in [3.8, 4) is 0 Å². The number of hydrogen-bond acceptors (Lipinski definition) is 3. The fourth-order valence-electron chi connectivity index (χ4n) is 4.34. The molecule has 0 aromatic heterocycles. The van der Waals surface area contributed by atoms with Crippen molar-refractivity contribution in [1.82, 2.24) is 4.90 Å². The van der Waals surface area contributed by atoms with Gasteiger partial charge < -0.3 is 4.74 Å². The molecule has 1 fully saturated rings. The second-order valence-electron chi connectivity index (χ2n) is 9.22. The number of unbranched alkanes of at least 4 members (excludes halogenated alkanes) is 12. The number of cyclic esters (lactones) is 1. The lowest BCUT2D eigenvalue weighted by Crippen LogP contribution is -2.42. The first kappa shape index (κ1) is 27.7. The number of amides is 2. The average Bonchev–Trinajstić information content (AvgIpc) is 3.15. The molecule has 1 saturated heterocycles. The van der Waals surface area contributed by atoms with Crippen LogP contribution in [0, 0.1) is 5.92 Å². The highest BCUT2D eigenvalue weighted by molar-refractivity contribution is 5.94. The number of carbonyl (C=O) groups excluding carboxylic acids is 2. The lowest BCUT2D eigenvalue weighted by molar-refractivity contribution is -0.133. The predicted octanol–water partition coefficient (Wildman–Crippen LogP) is 8.20. The van der Waals surface area contributed by atoms with E-state index in [1.165, 1.54) is 81.9 Å². The zero-order valence-corrected chi connectivity index (χ0v) is 20.7. The van der Waals surface area contributed by atoms with Crippen LogP contribution in [0.4, 0.5) is 4.79 Å². The lowest BCUT2D eigenvalue weighted by atomic mass is 9.94. The first-order chi connectivity index (χ1) is 15.2. The molecule has 180 valence electrons. The molecule has 0 aromatic carbocycles. The molecule has 4 nitrogen and oxygen atoms in total. The number of hydrogen-bond donors (Lipinski definition) is 0. The Morgan fingerprint density at radius 2 is 1.48 bits per heavy atom. The fraction of sp³-hybridized carbons (Fsp3) is 0.852. The van der Waals surface area contributed by atoms with Crippen LogP contribution in [0.1, 0.15) is 130 Å². The minimum Gasteiger partial charge on any atom is -0.447 e. The lowest BCUT2D eigenvalue weighted by Gasteiger charge is -2.23. The van der Waals surface area contributed by atoms with E-state index in [0.717, 1.165) is 32.1 Å². The van der Waals surface area contributed by atoms with Crippen LogP contribution in [0.2, 0.25) is 0 Å². The van der Waals surface area contributed by atoms with E-state index in [9.17, 15) is 9.59 Å². The van der Waals surface area contributed by atoms with Crippen LogP contribution in [0.5, 0.6) is 0 Å². The number of allylic oxidation sites excluding steroid dienone is 2. The van der Waals surface area contributed by atoms with Crippen molar-refractivity contribution in [1.29, 1.82) is 0 Å². The number of nitrogens with zero attached hydrogens (tertiary/aromatic N) is 1. The molecular weight excluding hydrogens is 386 g/mol. The second kappa shape index (κ2) is 18.3. The third kappa shape index (κ3) is 11.8. The van der Waals surface area contributed by atoms with Gasteiger partial charge in [-0.05, 0) is 32.1 Å². The third-order valence-electron chi connectivity index (χ3n) is 6.49. The first-order valence-corrected chi connectivity index (χ1v) is 13.3. The average molecular weight is 436 g/mol. The molecular formula is C27H49NO3. The van der Waals surface area contributed by atoms with Gasteiger partial charge in [-0.1, -0.05) is 110 Å². The first-order valence-electron chi connectivity index (χ1n) is 13.3. The van der Waals surface area contributed by atoms with Crippen LogP contribution in [0.15, 0.2) is 12.2 Å². The van der Waals surface area contributed by atoms with Gasteiger partial charge in [0, 0.05) is 5.92 Å². The van der Waals surface area contributed by atoms with E-state index in [-0.39, 0.29) is 17.9 Å². The number of imide groups is 1. The molecule has 4 heteroatoms. The highest BCUT2D eigenvalue weighted by Gasteiger charge is 2.39. The fourth-order valence-corrected chi connectivity index (χ4v) is 4.34. The van der Waals surface area contributed by atoms with Crippen molar-refractivity contribution in [2.45, 2.75) is 136 Å². The summed E-state index contributed by atoms with van der Waals surface area (Å²) in [4.78, 5) is 26.7. The molecule has 0 aliphatic carbocycles. The van der Waals surface area contributed by atoms with E-state index in [2.05, 4.69) is 26.0 Å². The Bertz CT molecular complexity index is 503. The molecule has 0 saturated carbocycles. The third-order valence-corrected chi connectivity index (χ3v) is 6.49. The number of rotatable bonds is 19. The van der Waals surface area contributed by atoms with Gasteiger partial charge >= 0.3 is 6.09 Å². The zero-order chi connectivity index (χ0) is 22.7. The molecule has 0 unspecified atom stereocenters. The van der Waals surface area contributed by atoms with Crippen molar-refractivity contribution in [3.05, 3.63) is 12.2 Å². The van der Waals surface area contributed by atoms with Crippen LogP contribution in [0.25, 0.3) is 0 Å². The van der Waals surface area contributed by atoms with Crippen molar-refractivity contribution < 1.29 is 14.3 Å². The van der Waals surface area contributed by atoms with Gasteiger partial charge in [-0.15, -0.1) is 0 Å². The normalized spacial score (nSPS) is 17.5. The van der Waals surface area contributed by atoms with Crippen molar-refractivity contribution in [2.75, 3.05) is 6.61 Å². The summed E-state index contributed by atoms with van der Waals surface area (Å²) in [6.45, 7) is 6.83. The molecule has 0 radical (unpaired) electrons. The van der Waals surface area contributed by atoms with Crippen LogP contribution < -0.4 is 0 Å². The maximum atomic E-state index is 13.1. The summed E-state index contributed by atoms with van der Waals surface area (Å²) >= 11 is 0. The summed E-state index contributed by atoms with van der Waals surface area (Å²) in [6, 6.07) is -0.0936. The SMILES string of the molecule is CCCCCCCCCC/C=C/C[C@@H](CCCCCCC)C(=O)N1C(=O)OC[C@@H]1CC. The van der Waals surface area contributed by atoms with Crippen LogP contribution in [-0.4, -0.2) is 29.5 Å². The van der Waals surface area contributed by atoms with Gasteiger partial charge in [0.2, 0.25) is 5.91 Å². The van der Waals surface area contributed by atoms with E-state index in [1.807, 2.05) is 6.92 Å². The highest BCUT2D eigenvalue weighted by atomic mass is 16.6. The number of carbonyl (C=O) groups is 2. The smallest absolute Gasteiger partial charge is 0.416 e. The van der Waals surface area contributed by atoms with Gasteiger partial charge in [0.25, 0.3) is 0 Å². The number of ether oxygens (including phenoxy) is 1. The van der Waals surface area contributed by atoms with Gasteiger partial charge in [0.15, 0.2) is 0 Å². The molecule has 0 bridgehead atoms. The molecule has 2 amide bonds. The maximum Gasteiger partial charge on any atom is 0.416 e. The summed E-state index contributed by atoms with van der Waals surface area (Å²) in [5, 5.41) is 0. The van der Waals surface area contributed by atoms with Crippen molar-refractivity contribution >= 4 is 12.0 Å². The van der Waals surface area contributed by atoms with Crippen molar-refractivity contribution in [2.24, 2.45) is 5.92 Å². The molecule has 1 aliphatic rings. The van der Waals surface area contributed by atoms with Gasteiger partial charge in [-0.25, -0.2) is 9.69 Å². The van der Waals surface area contributed by atoms with E-state index in [0.29, 0.717) is 6.61 Å². The van der Waals surface area contributed by atoms with Crippen molar-refractivity contribution in [3.63, 3.8) is 0 Å². The largest absolute Gasteiger partial charge is 0.447 e. The van der Waals surface area contributed by atoms with E-state index < -0.39 is 6.09 Å². The standard InChI is InChI=1S/C27H49NO3/c1-4-7-9-11-12-13-14-15-16-18-20-22-24(21-19-17-10-8-5-2)26(29)28-25(6-3)23-31-27(28)30/h18,20,24-25H,4-17,19,21-23H2,1-3H3/b20-18+/t24-,25+/m1/s1. The van der Waals surface area contributed by atoms with Crippen LogP contribution in [0.3, 0.4) is 0 Å². The summed E-state index contributed by atoms with van der Waals surface area (Å²) in [7, 11) is 0. The molecule has 1 aliphatic heterocycles. The molecule has 0 spiro atoms. The summed E-state index contributed by atoms with van der Waals surface area (Å²) in [5.41, 5.74) is 0. The summed E-state index contributed by atoms with van der Waals surface area (Å²) < 4.78 is 5.16. The molecule has 1 rings (SSSR count).